The lowest BCUT2D eigenvalue weighted by molar-refractivity contribution is 0.0732. The minimum Gasteiger partial charge on any atom is -0.337 e. The Morgan fingerprint density at radius 3 is 2.90 bits per heavy atom. The zero-order valence-electron chi connectivity index (χ0n) is 12.4. The van der Waals surface area contributed by atoms with Crippen molar-refractivity contribution in [2.45, 2.75) is 38.6 Å². The summed E-state index contributed by atoms with van der Waals surface area (Å²) in [7, 11) is 0. The van der Waals surface area contributed by atoms with E-state index in [-0.39, 0.29) is 5.91 Å². The molecule has 0 aliphatic carbocycles. The van der Waals surface area contributed by atoms with Gasteiger partial charge in [-0.3, -0.25) is 4.79 Å². The third-order valence-corrected chi connectivity index (χ3v) is 4.60. The number of nitrogens with one attached hydrogen (secondary N) is 1. The highest BCUT2D eigenvalue weighted by Gasteiger charge is 2.22. The Kier molecular flexibility index (Phi) is 6.52. The lowest BCUT2D eigenvalue weighted by atomic mass is 10.0. The van der Waals surface area contributed by atoms with Crippen LogP contribution >= 0.6 is 27.5 Å². The van der Waals surface area contributed by atoms with Gasteiger partial charge in [-0.2, -0.15) is 0 Å². The maximum Gasteiger partial charge on any atom is 0.255 e. The molecule has 1 saturated heterocycles. The molecule has 1 unspecified atom stereocenters. The van der Waals surface area contributed by atoms with Gasteiger partial charge in [-0.05, 0) is 44.0 Å². The molecule has 0 radical (unpaired) electrons. The van der Waals surface area contributed by atoms with Crippen LogP contribution in [0.5, 0.6) is 0 Å². The summed E-state index contributed by atoms with van der Waals surface area (Å²) in [6, 6.07) is 5.84. The van der Waals surface area contributed by atoms with E-state index in [2.05, 4.69) is 28.2 Å². The van der Waals surface area contributed by atoms with Gasteiger partial charge in [-0.25, -0.2) is 0 Å². The van der Waals surface area contributed by atoms with Crippen LogP contribution in [0, 0.1) is 0 Å². The van der Waals surface area contributed by atoms with E-state index in [9.17, 15) is 4.79 Å². The molecule has 0 bridgehead atoms. The highest BCUT2D eigenvalue weighted by molar-refractivity contribution is 9.10. The number of amides is 1. The number of nitrogens with zero attached hydrogens (tertiary/aromatic N) is 1. The Balaban J connectivity index is 2.10. The molecular formula is C16H22BrClN2O. The van der Waals surface area contributed by atoms with Crippen LogP contribution in [0.15, 0.2) is 22.7 Å². The second kappa shape index (κ2) is 8.16. The Labute approximate surface area is 140 Å². The summed E-state index contributed by atoms with van der Waals surface area (Å²) in [5.41, 5.74) is 0.587. The third kappa shape index (κ3) is 4.70. The van der Waals surface area contributed by atoms with Crippen molar-refractivity contribution in [3.8, 4) is 0 Å². The molecule has 3 nitrogen and oxygen atoms in total. The lowest BCUT2D eigenvalue weighted by Gasteiger charge is -2.30. The van der Waals surface area contributed by atoms with Crippen LogP contribution in [-0.4, -0.2) is 36.5 Å². The predicted molar refractivity (Wildman–Crippen MR) is 91.0 cm³/mol. The van der Waals surface area contributed by atoms with Gasteiger partial charge in [0, 0.05) is 23.6 Å². The molecule has 0 spiro atoms. The summed E-state index contributed by atoms with van der Waals surface area (Å²) in [5, 5.41) is 4.01. The van der Waals surface area contributed by atoms with E-state index >= 15 is 0 Å². The molecule has 1 aromatic rings. The molecule has 0 aromatic heterocycles. The van der Waals surface area contributed by atoms with Crippen molar-refractivity contribution < 1.29 is 4.79 Å². The van der Waals surface area contributed by atoms with Gasteiger partial charge in [0.05, 0.1) is 10.6 Å². The fraction of sp³-hybridized carbons (Fsp3) is 0.562. The summed E-state index contributed by atoms with van der Waals surface area (Å²) in [4.78, 5) is 14.7. The highest BCUT2D eigenvalue weighted by Crippen LogP contribution is 2.23. The largest absolute Gasteiger partial charge is 0.337 e. The van der Waals surface area contributed by atoms with Crippen molar-refractivity contribution in [1.29, 1.82) is 0 Å². The van der Waals surface area contributed by atoms with Gasteiger partial charge in [-0.1, -0.05) is 40.9 Å². The van der Waals surface area contributed by atoms with Gasteiger partial charge in [0.25, 0.3) is 5.91 Å². The van der Waals surface area contributed by atoms with Gasteiger partial charge in [0.1, 0.15) is 0 Å². The predicted octanol–water partition coefficient (Wildman–Crippen LogP) is 4.10. The molecule has 1 N–H and O–H groups in total. The zero-order chi connectivity index (χ0) is 15.2. The number of rotatable bonds is 5. The van der Waals surface area contributed by atoms with Crippen LogP contribution in [0.1, 0.15) is 43.0 Å². The first kappa shape index (κ1) is 16.8. The first-order valence-corrected chi connectivity index (χ1v) is 8.76. The summed E-state index contributed by atoms with van der Waals surface area (Å²) >= 11 is 9.59. The second-order valence-corrected chi connectivity index (χ2v) is 6.85. The third-order valence-electron chi connectivity index (χ3n) is 3.80. The molecule has 1 aliphatic heterocycles. The molecule has 0 saturated carbocycles. The molecular weight excluding hydrogens is 352 g/mol. The maximum atomic E-state index is 12.7. The Morgan fingerprint density at radius 2 is 2.29 bits per heavy atom. The number of hydrogen-bond donors (Lipinski definition) is 1. The summed E-state index contributed by atoms with van der Waals surface area (Å²) < 4.78 is 0.889. The van der Waals surface area contributed by atoms with Crippen LogP contribution in [0.3, 0.4) is 0 Å². The van der Waals surface area contributed by atoms with Crippen molar-refractivity contribution in [1.82, 2.24) is 10.2 Å². The smallest absolute Gasteiger partial charge is 0.255 e. The minimum absolute atomic E-state index is 0.0294. The fourth-order valence-corrected chi connectivity index (χ4v) is 3.48. The van der Waals surface area contributed by atoms with Crippen molar-refractivity contribution in [3.63, 3.8) is 0 Å². The molecule has 1 aromatic carbocycles. The maximum absolute atomic E-state index is 12.7. The van der Waals surface area contributed by atoms with Gasteiger partial charge >= 0.3 is 0 Å². The van der Waals surface area contributed by atoms with Crippen molar-refractivity contribution in [2.75, 3.05) is 19.6 Å². The number of piperidine rings is 1. The quantitative estimate of drug-likeness (QED) is 0.843. The number of halogens is 2. The van der Waals surface area contributed by atoms with E-state index in [1.54, 1.807) is 12.1 Å². The summed E-state index contributed by atoms with van der Waals surface area (Å²) in [5.74, 6) is 0.0294. The van der Waals surface area contributed by atoms with E-state index in [1.807, 2.05) is 11.0 Å². The van der Waals surface area contributed by atoms with Gasteiger partial charge in [0.2, 0.25) is 0 Å². The van der Waals surface area contributed by atoms with E-state index in [0.717, 1.165) is 36.9 Å². The van der Waals surface area contributed by atoms with Crippen LogP contribution < -0.4 is 5.32 Å². The lowest BCUT2D eigenvalue weighted by Crippen LogP contribution is -2.46. The summed E-state index contributed by atoms with van der Waals surface area (Å²) in [6.07, 6.45) is 4.57. The monoisotopic (exact) mass is 372 g/mol. The van der Waals surface area contributed by atoms with E-state index < -0.39 is 0 Å². The standard InChI is InChI=1S/C16H22BrClN2O/c1-2-9-20(11-13-5-3-4-8-19-13)16(21)14-7-6-12(17)10-15(14)18/h6-7,10,13,19H,2-5,8-9,11H2,1H3. The Morgan fingerprint density at radius 1 is 1.48 bits per heavy atom. The fourth-order valence-electron chi connectivity index (χ4n) is 2.72. The second-order valence-electron chi connectivity index (χ2n) is 5.52. The number of carbonyl (C=O) groups is 1. The van der Waals surface area contributed by atoms with Crippen molar-refractivity contribution in [2.24, 2.45) is 0 Å². The minimum atomic E-state index is 0.0294. The average molecular weight is 374 g/mol. The Bertz CT molecular complexity index is 489. The van der Waals surface area contributed by atoms with Gasteiger partial charge in [-0.15, -0.1) is 0 Å². The molecule has 1 aliphatic rings. The van der Waals surface area contributed by atoms with E-state index in [1.165, 1.54) is 12.8 Å². The van der Waals surface area contributed by atoms with Gasteiger partial charge in [0.15, 0.2) is 0 Å². The van der Waals surface area contributed by atoms with Crippen molar-refractivity contribution >= 4 is 33.4 Å². The van der Waals surface area contributed by atoms with Crippen LogP contribution in [0.2, 0.25) is 5.02 Å². The number of hydrogen-bond acceptors (Lipinski definition) is 2. The molecule has 116 valence electrons. The number of carbonyl (C=O) groups excluding carboxylic acids is 1. The van der Waals surface area contributed by atoms with Crippen LogP contribution in [0.25, 0.3) is 0 Å². The molecule has 1 atom stereocenters. The average Bonchev–Trinajstić information content (AvgIpc) is 2.47. The Hall–Kier alpha value is -0.580. The van der Waals surface area contributed by atoms with Crippen LogP contribution in [0.4, 0.5) is 0 Å². The van der Waals surface area contributed by atoms with E-state index in [4.69, 9.17) is 11.6 Å². The SMILES string of the molecule is CCCN(CC1CCCCN1)C(=O)c1ccc(Br)cc1Cl. The molecule has 1 heterocycles. The molecule has 5 heteroatoms. The molecule has 1 fully saturated rings. The topological polar surface area (TPSA) is 32.3 Å². The normalized spacial score (nSPS) is 18.5. The van der Waals surface area contributed by atoms with Gasteiger partial charge < -0.3 is 10.2 Å². The zero-order valence-corrected chi connectivity index (χ0v) is 14.7. The molecule has 1 amide bonds. The first-order valence-electron chi connectivity index (χ1n) is 7.59. The summed E-state index contributed by atoms with van der Waals surface area (Å²) in [6.45, 7) is 4.68. The number of benzene rings is 1. The van der Waals surface area contributed by atoms with Crippen LogP contribution in [-0.2, 0) is 0 Å². The van der Waals surface area contributed by atoms with Crippen molar-refractivity contribution in [3.05, 3.63) is 33.3 Å². The van der Waals surface area contributed by atoms with E-state index in [0.29, 0.717) is 16.6 Å². The molecule has 2 rings (SSSR count). The first-order chi connectivity index (χ1) is 10.1. The highest BCUT2D eigenvalue weighted by atomic mass is 79.9. The molecule has 21 heavy (non-hydrogen) atoms.